The second-order valence-corrected chi connectivity index (χ2v) is 10.3. The molecule has 0 unspecified atom stereocenters. The molecule has 1 heterocycles. The molecule has 1 saturated heterocycles. The molecule has 2 bridgehead atoms. The number of benzene rings is 2. The van der Waals surface area contributed by atoms with E-state index in [2.05, 4.69) is 30.4 Å². The van der Waals surface area contributed by atoms with Gasteiger partial charge in [-0.1, -0.05) is 41.9 Å². The summed E-state index contributed by atoms with van der Waals surface area (Å²) in [6.07, 6.45) is 2.80. The molecule has 1 amide bonds. The lowest BCUT2D eigenvalue weighted by Gasteiger charge is -2.53. The first-order chi connectivity index (χ1) is 14.7. The van der Waals surface area contributed by atoms with Gasteiger partial charge in [-0.2, -0.15) is 0 Å². The van der Waals surface area contributed by atoms with E-state index in [9.17, 15) is 9.59 Å². The minimum absolute atomic E-state index is 0.0198. The summed E-state index contributed by atoms with van der Waals surface area (Å²) < 4.78 is 5.77. The van der Waals surface area contributed by atoms with Crippen LogP contribution in [0.4, 0.5) is 0 Å². The Morgan fingerprint density at radius 1 is 1.26 bits per heavy atom. The zero-order chi connectivity index (χ0) is 22.0. The van der Waals surface area contributed by atoms with Crippen LogP contribution in [0.3, 0.4) is 0 Å². The fourth-order valence-electron chi connectivity index (χ4n) is 6.53. The van der Waals surface area contributed by atoms with Crippen LogP contribution >= 0.6 is 11.6 Å². The van der Waals surface area contributed by atoms with E-state index < -0.39 is 11.0 Å². The first kappa shape index (κ1) is 20.6. The minimum Gasteiger partial charge on any atom is -0.459 e. The van der Waals surface area contributed by atoms with Crippen LogP contribution in [0.5, 0.6) is 0 Å². The molecule has 0 aromatic heterocycles. The molecule has 4 atom stereocenters. The van der Waals surface area contributed by atoms with Crippen molar-refractivity contribution in [3.8, 4) is 0 Å². The van der Waals surface area contributed by atoms with Gasteiger partial charge in [-0.15, -0.1) is 0 Å². The number of fused-ring (bicyclic) bond motifs is 3. The van der Waals surface area contributed by atoms with Crippen molar-refractivity contribution in [2.45, 2.75) is 70.4 Å². The Bertz CT molecular complexity index is 1100. The molecule has 5 rings (SSSR count). The molecule has 1 saturated carbocycles. The molecule has 2 fully saturated rings. The molecule has 3 aliphatic rings. The van der Waals surface area contributed by atoms with E-state index in [1.54, 1.807) is 0 Å². The monoisotopic (exact) mass is 437 g/mol. The maximum absolute atomic E-state index is 13.8. The highest BCUT2D eigenvalue weighted by Crippen LogP contribution is 2.67. The molecule has 4 nitrogen and oxygen atoms in total. The predicted octanol–water partition coefficient (Wildman–Crippen LogP) is 5.33. The third-order valence-corrected chi connectivity index (χ3v) is 8.07. The van der Waals surface area contributed by atoms with Crippen LogP contribution in [0.2, 0.25) is 5.02 Å². The van der Waals surface area contributed by atoms with Crippen LogP contribution in [0.15, 0.2) is 36.4 Å². The van der Waals surface area contributed by atoms with Gasteiger partial charge < -0.3 is 10.1 Å². The maximum Gasteiger partial charge on any atom is 0.306 e. The van der Waals surface area contributed by atoms with Gasteiger partial charge in [0.2, 0.25) is 5.91 Å². The molecule has 31 heavy (non-hydrogen) atoms. The van der Waals surface area contributed by atoms with E-state index in [4.69, 9.17) is 16.3 Å². The van der Waals surface area contributed by atoms with Crippen LogP contribution in [-0.4, -0.2) is 17.5 Å². The number of ether oxygens (including phenoxy) is 1. The summed E-state index contributed by atoms with van der Waals surface area (Å²) in [7, 11) is 0. The molecule has 0 radical (unpaired) electrons. The first-order valence-corrected chi connectivity index (χ1v) is 11.4. The Hall–Kier alpha value is -2.33. The minimum atomic E-state index is -0.486. The largest absolute Gasteiger partial charge is 0.459 e. The maximum atomic E-state index is 13.8. The number of rotatable bonds is 3. The average molecular weight is 438 g/mol. The molecule has 1 aliphatic heterocycles. The van der Waals surface area contributed by atoms with Gasteiger partial charge in [0.05, 0.1) is 12.3 Å². The fraction of sp³-hybridized carbons (Fsp3) is 0.462. The number of amides is 1. The fourth-order valence-corrected chi connectivity index (χ4v) is 6.83. The van der Waals surface area contributed by atoms with Gasteiger partial charge >= 0.3 is 5.97 Å². The Morgan fingerprint density at radius 2 is 2.06 bits per heavy atom. The Kier molecular flexibility index (Phi) is 4.71. The Balaban J connectivity index is 1.54. The molecular weight excluding hydrogens is 410 g/mol. The number of halogens is 1. The number of aryl methyl sites for hydroxylation is 2. The molecule has 2 aliphatic carbocycles. The van der Waals surface area contributed by atoms with Crippen LogP contribution < -0.4 is 5.32 Å². The van der Waals surface area contributed by atoms with Crippen molar-refractivity contribution in [3.05, 3.63) is 69.2 Å². The second kappa shape index (κ2) is 7.09. The van der Waals surface area contributed by atoms with E-state index in [1.165, 1.54) is 5.56 Å². The van der Waals surface area contributed by atoms with Gasteiger partial charge in [-0.25, -0.2) is 0 Å². The SMILES string of the molecule is Cc1ccc(CNC(=O)[C@H]2c3c(C)cccc3[C@@H]3CC[C@@]4(C)C[C@]32CC(=O)O4)c(Cl)c1. The zero-order valence-corrected chi connectivity index (χ0v) is 19.0. The molecule has 162 valence electrons. The topological polar surface area (TPSA) is 55.4 Å². The summed E-state index contributed by atoms with van der Waals surface area (Å²) >= 11 is 6.40. The Morgan fingerprint density at radius 3 is 2.84 bits per heavy atom. The van der Waals surface area contributed by atoms with Gasteiger partial charge in [-0.3, -0.25) is 9.59 Å². The van der Waals surface area contributed by atoms with Crippen LogP contribution in [0.25, 0.3) is 0 Å². The number of nitrogens with one attached hydrogen (secondary N) is 1. The standard InChI is InChI=1S/C26H28ClNO3/c1-15-7-8-17(20(27)11-15)13-28-24(30)23-22-16(2)5-4-6-18(22)19-9-10-25(3)14-26(19,23)12-21(29)31-25/h4-8,11,19,23H,9-10,12-14H2,1-3H3,(H,28,30)/t19-,23+,25-,26+/m0/s1. The van der Waals surface area contributed by atoms with Crippen LogP contribution in [0.1, 0.15) is 72.3 Å². The van der Waals surface area contributed by atoms with Gasteiger partial charge in [0, 0.05) is 17.0 Å². The molecule has 5 heteroatoms. The first-order valence-electron chi connectivity index (χ1n) is 11.1. The predicted molar refractivity (Wildman–Crippen MR) is 120 cm³/mol. The van der Waals surface area contributed by atoms with Crippen molar-refractivity contribution in [2.24, 2.45) is 5.41 Å². The number of esters is 1. The summed E-state index contributed by atoms with van der Waals surface area (Å²) in [5.74, 6) is -0.343. The smallest absolute Gasteiger partial charge is 0.306 e. The van der Waals surface area contributed by atoms with Gasteiger partial charge in [-0.05, 0) is 79.8 Å². The number of carbonyl (C=O) groups is 2. The second-order valence-electron chi connectivity index (χ2n) is 9.93. The summed E-state index contributed by atoms with van der Waals surface area (Å²) in [5, 5.41) is 3.81. The lowest BCUT2D eigenvalue weighted by molar-refractivity contribution is -0.189. The lowest BCUT2D eigenvalue weighted by Crippen LogP contribution is -2.54. The van der Waals surface area contributed by atoms with Crippen molar-refractivity contribution in [1.82, 2.24) is 5.32 Å². The number of carbonyl (C=O) groups excluding carboxylic acids is 2. The lowest BCUT2D eigenvalue weighted by atomic mass is 9.56. The highest BCUT2D eigenvalue weighted by molar-refractivity contribution is 6.31. The summed E-state index contributed by atoms with van der Waals surface area (Å²) in [6.45, 7) is 6.47. The van der Waals surface area contributed by atoms with E-state index >= 15 is 0 Å². The zero-order valence-electron chi connectivity index (χ0n) is 18.3. The quantitative estimate of drug-likeness (QED) is 0.660. The highest BCUT2D eigenvalue weighted by atomic mass is 35.5. The molecule has 1 N–H and O–H groups in total. The third kappa shape index (κ3) is 3.18. The van der Waals surface area contributed by atoms with E-state index in [0.29, 0.717) is 18.0 Å². The molecule has 1 spiro atoms. The summed E-state index contributed by atoms with van der Waals surface area (Å²) in [5.41, 5.74) is 4.55. The molecular formula is C26H28ClNO3. The summed E-state index contributed by atoms with van der Waals surface area (Å²) in [4.78, 5) is 26.5. The summed E-state index contributed by atoms with van der Waals surface area (Å²) in [6, 6.07) is 12.2. The van der Waals surface area contributed by atoms with Gasteiger partial charge in [0.25, 0.3) is 0 Å². The van der Waals surface area contributed by atoms with Crippen LogP contribution in [0, 0.1) is 19.3 Å². The van der Waals surface area contributed by atoms with Gasteiger partial charge in [0.15, 0.2) is 0 Å². The number of hydrogen-bond acceptors (Lipinski definition) is 3. The van der Waals surface area contributed by atoms with Crippen molar-refractivity contribution in [2.75, 3.05) is 0 Å². The molecule has 2 aromatic rings. The van der Waals surface area contributed by atoms with E-state index in [-0.39, 0.29) is 23.7 Å². The van der Waals surface area contributed by atoms with Gasteiger partial charge in [0.1, 0.15) is 5.60 Å². The van der Waals surface area contributed by atoms with Crippen molar-refractivity contribution >= 4 is 23.5 Å². The average Bonchev–Trinajstić information content (AvgIpc) is 2.94. The van der Waals surface area contributed by atoms with E-state index in [0.717, 1.165) is 41.5 Å². The third-order valence-electron chi connectivity index (χ3n) is 7.71. The Labute approximate surface area is 188 Å². The van der Waals surface area contributed by atoms with Crippen molar-refractivity contribution in [3.63, 3.8) is 0 Å². The highest BCUT2D eigenvalue weighted by Gasteiger charge is 2.64. The van der Waals surface area contributed by atoms with Crippen molar-refractivity contribution in [1.29, 1.82) is 0 Å². The van der Waals surface area contributed by atoms with Crippen molar-refractivity contribution < 1.29 is 14.3 Å². The number of hydrogen-bond donors (Lipinski definition) is 1. The molecule has 2 aromatic carbocycles. The van der Waals surface area contributed by atoms with Crippen LogP contribution in [-0.2, 0) is 20.9 Å². The van der Waals surface area contributed by atoms with E-state index in [1.807, 2.05) is 32.0 Å². The normalized spacial score (nSPS) is 30.9.